The Labute approximate surface area is 135 Å². The van der Waals surface area contributed by atoms with Gasteiger partial charge >= 0.3 is 12.6 Å². The van der Waals surface area contributed by atoms with Gasteiger partial charge in [0, 0.05) is 11.8 Å². The van der Waals surface area contributed by atoms with Gasteiger partial charge in [0.2, 0.25) is 0 Å². The fourth-order valence-electron chi connectivity index (χ4n) is 1.87. The lowest BCUT2D eigenvalue weighted by Gasteiger charge is -2.21. The highest BCUT2D eigenvalue weighted by atomic mass is 19.3. The number of urea groups is 1. The summed E-state index contributed by atoms with van der Waals surface area (Å²) in [7, 11) is 0. The molecule has 1 heterocycles. The molecule has 9 heteroatoms. The largest absolute Gasteiger partial charge is 0.466 e. The minimum Gasteiger partial charge on any atom is -0.466 e. The first kappa shape index (κ1) is 17.7. The summed E-state index contributed by atoms with van der Waals surface area (Å²) in [4.78, 5) is 11.8. The van der Waals surface area contributed by atoms with Crippen molar-refractivity contribution in [3.05, 3.63) is 48.2 Å². The number of benzene rings is 1. The maximum absolute atomic E-state index is 13.5. The third kappa shape index (κ3) is 4.66. The van der Waals surface area contributed by atoms with Crippen molar-refractivity contribution in [3.63, 3.8) is 0 Å². The fourth-order valence-corrected chi connectivity index (χ4v) is 1.87. The molecule has 2 amide bonds. The maximum Gasteiger partial charge on any atom is 0.387 e. The van der Waals surface area contributed by atoms with E-state index in [9.17, 15) is 23.1 Å². The molecule has 2 rings (SSSR count). The van der Waals surface area contributed by atoms with Crippen LogP contribution in [0, 0.1) is 5.82 Å². The quantitative estimate of drug-likeness (QED) is 0.752. The highest BCUT2D eigenvalue weighted by molar-refractivity contribution is 5.89. The molecule has 0 aliphatic rings. The summed E-state index contributed by atoms with van der Waals surface area (Å²) in [5, 5.41) is 14.9. The summed E-state index contributed by atoms with van der Waals surface area (Å²) in [5.41, 5.74) is -1.40. The van der Waals surface area contributed by atoms with Gasteiger partial charge in [0.25, 0.3) is 0 Å². The molecule has 6 nitrogen and oxygen atoms in total. The second-order valence-electron chi connectivity index (χ2n) is 5.08. The minimum atomic E-state index is -3.15. The smallest absolute Gasteiger partial charge is 0.387 e. The molecule has 24 heavy (non-hydrogen) atoms. The number of rotatable bonds is 6. The van der Waals surface area contributed by atoms with Crippen molar-refractivity contribution in [2.75, 3.05) is 11.9 Å². The van der Waals surface area contributed by atoms with Crippen LogP contribution in [-0.2, 0) is 5.60 Å². The van der Waals surface area contributed by atoms with Gasteiger partial charge in [-0.25, -0.2) is 9.18 Å². The standard InChI is InChI=1S/C15H15F3N2O4/c1-15(22,12-3-2-6-23-12)8-19-14(21)20-9-4-5-11(10(16)7-9)24-13(17)18/h2-7,13,22H,8H2,1H3,(H2,19,20,21). The Kier molecular flexibility index (Phi) is 5.35. The summed E-state index contributed by atoms with van der Waals surface area (Å²) in [6.07, 6.45) is 1.38. The molecule has 0 saturated heterocycles. The topological polar surface area (TPSA) is 83.7 Å². The molecule has 0 spiro atoms. The first-order valence-electron chi connectivity index (χ1n) is 6.83. The lowest BCUT2D eigenvalue weighted by Crippen LogP contribution is -2.40. The zero-order chi connectivity index (χ0) is 17.7. The summed E-state index contributed by atoms with van der Waals surface area (Å²) in [6, 6.07) is 5.43. The van der Waals surface area contributed by atoms with Gasteiger partial charge in [0.05, 0.1) is 12.8 Å². The van der Waals surface area contributed by atoms with Crippen LogP contribution < -0.4 is 15.4 Å². The van der Waals surface area contributed by atoms with Crippen LogP contribution in [0.1, 0.15) is 12.7 Å². The fraction of sp³-hybridized carbons (Fsp3) is 0.267. The van der Waals surface area contributed by atoms with Crippen molar-refractivity contribution in [3.8, 4) is 5.75 Å². The zero-order valence-electron chi connectivity index (χ0n) is 12.6. The van der Waals surface area contributed by atoms with Crippen LogP contribution in [-0.4, -0.2) is 24.3 Å². The Balaban J connectivity index is 1.92. The number of furan rings is 1. The molecular weight excluding hydrogens is 329 g/mol. The highest BCUT2D eigenvalue weighted by Crippen LogP contribution is 2.23. The number of anilines is 1. The maximum atomic E-state index is 13.5. The molecule has 0 bridgehead atoms. The molecule has 0 radical (unpaired) electrons. The Morgan fingerprint density at radius 3 is 2.75 bits per heavy atom. The van der Waals surface area contributed by atoms with E-state index in [1.54, 1.807) is 12.1 Å². The third-order valence-corrected chi connectivity index (χ3v) is 3.05. The van der Waals surface area contributed by atoms with Gasteiger partial charge in [-0.05, 0) is 31.2 Å². The monoisotopic (exact) mass is 344 g/mol. The third-order valence-electron chi connectivity index (χ3n) is 3.05. The van der Waals surface area contributed by atoms with Gasteiger partial charge in [-0.15, -0.1) is 0 Å². The van der Waals surface area contributed by atoms with Crippen LogP contribution in [0.2, 0.25) is 0 Å². The molecule has 1 aromatic heterocycles. The average molecular weight is 344 g/mol. The average Bonchev–Trinajstić information content (AvgIpc) is 3.03. The minimum absolute atomic E-state index is 0.0317. The molecule has 1 unspecified atom stereocenters. The van der Waals surface area contributed by atoms with E-state index in [4.69, 9.17) is 4.42 Å². The molecule has 130 valence electrons. The first-order valence-corrected chi connectivity index (χ1v) is 6.83. The molecular formula is C15H15F3N2O4. The van der Waals surface area contributed by atoms with Crippen molar-refractivity contribution >= 4 is 11.7 Å². The lowest BCUT2D eigenvalue weighted by atomic mass is 10.0. The molecule has 1 atom stereocenters. The molecule has 1 aromatic carbocycles. The molecule has 3 N–H and O–H groups in total. The molecule has 0 fully saturated rings. The number of amides is 2. The van der Waals surface area contributed by atoms with E-state index in [2.05, 4.69) is 15.4 Å². The number of ether oxygens (including phenoxy) is 1. The van der Waals surface area contributed by atoms with Gasteiger partial charge in [-0.3, -0.25) is 0 Å². The number of carbonyl (C=O) groups is 1. The van der Waals surface area contributed by atoms with Crippen LogP contribution in [0.4, 0.5) is 23.7 Å². The van der Waals surface area contributed by atoms with Crippen molar-refractivity contribution in [2.45, 2.75) is 19.1 Å². The summed E-state index contributed by atoms with van der Waals surface area (Å²) in [6.45, 7) is -1.87. The highest BCUT2D eigenvalue weighted by Gasteiger charge is 2.26. The second kappa shape index (κ2) is 7.26. The number of halogens is 3. The van der Waals surface area contributed by atoms with Gasteiger partial charge in [0.15, 0.2) is 11.6 Å². The van der Waals surface area contributed by atoms with E-state index >= 15 is 0 Å². The SMILES string of the molecule is CC(O)(CNC(=O)Nc1ccc(OC(F)F)c(F)c1)c1ccco1. The number of nitrogens with one attached hydrogen (secondary N) is 2. The van der Waals surface area contributed by atoms with Crippen molar-refractivity contribution < 1.29 is 32.2 Å². The van der Waals surface area contributed by atoms with E-state index < -0.39 is 29.8 Å². The lowest BCUT2D eigenvalue weighted by molar-refractivity contribution is -0.0521. The van der Waals surface area contributed by atoms with E-state index in [1.165, 1.54) is 19.3 Å². The Morgan fingerprint density at radius 2 is 2.17 bits per heavy atom. The normalized spacial score (nSPS) is 13.4. The Bertz CT molecular complexity index is 690. The first-order chi connectivity index (χ1) is 11.3. The van der Waals surface area contributed by atoms with Gasteiger partial charge < -0.3 is 24.9 Å². The van der Waals surface area contributed by atoms with Crippen LogP contribution in [0.5, 0.6) is 5.75 Å². The van der Waals surface area contributed by atoms with Gasteiger partial charge in [-0.1, -0.05) is 0 Å². The van der Waals surface area contributed by atoms with E-state index in [0.717, 1.165) is 12.1 Å². The van der Waals surface area contributed by atoms with E-state index in [1.807, 2.05) is 0 Å². The van der Waals surface area contributed by atoms with Gasteiger partial charge in [-0.2, -0.15) is 8.78 Å². The van der Waals surface area contributed by atoms with Crippen molar-refractivity contribution in [1.29, 1.82) is 0 Å². The zero-order valence-corrected chi connectivity index (χ0v) is 12.6. The number of aliphatic hydroxyl groups is 1. The second-order valence-corrected chi connectivity index (χ2v) is 5.08. The Morgan fingerprint density at radius 1 is 1.42 bits per heavy atom. The van der Waals surface area contributed by atoms with E-state index in [-0.39, 0.29) is 18.0 Å². The van der Waals surface area contributed by atoms with Crippen LogP contribution >= 0.6 is 0 Å². The predicted molar refractivity (Wildman–Crippen MR) is 78.3 cm³/mol. The number of hydrogen-bond acceptors (Lipinski definition) is 4. The van der Waals surface area contributed by atoms with Crippen LogP contribution in [0.15, 0.2) is 41.0 Å². The molecule has 0 aliphatic carbocycles. The molecule has 2 aromatic rings. The van der Waals surface area contributed by atoms with E-state index in [0.29, 0.717) is 0 Å². The van der Waals surface area contributed by atoms with Crippen molar-refractivity contribution in [2.24, 2.45) is 0 Å². The Hall–Kier alpha value is -2.68. The summed E-state index contributed by atoms with van der Waals surface area (Å²) >= 11 is 0. The van der Waals surface area contributed by atoms with Gasteiger partial charge in [0.1, 0.15) is 11.4 Å². The summed E-state index contributed by atoms with van der Waals surface area (Å²) < 4.78 is 46.6. The van der Waals surface area contributed by atoms with Crippen molar-refractivity contribution in [1.82, 2.24) is 5.32 Å². The molecule has 0 aliphatic heterocycles. The van der Waals surface area contributed by atoms with Crippen LogP contribution in [0.25, 0.3) is 0 Å². The number of carbonyl (C=O) groups excluding carboxylic acids is 1. The predicted octanol–water partition coefficient (Wildman–Crippen LogP) is 3.05. The van der Waals surface area contributed by atoms with Crippen LogP contribution in [0.3, 0.4) is 0 Å². The number of alkyl halides is 2. The number of hydrogen-bond donors (Lipinski definition) is 3. The summed E-state index contributed by atoms with van der Waals surface area (Å²) in [5.74, 6) is -1.41. The molecule has 0 saturated carbocycles.